The van der Waals surface area contributed by atoms with E-state index in [1.807, 2.05) is 52.4 Å². The predicted octanol–water partition coefficient (Wildman–Crippen LogP) is 5.76. The monoisotopic (exact) mass is 731 g/mol. The van der Waals surface area contributed by atoms with Crippen molar-refractivity contribution < 1.29 is 19.1 Å². The van der Waals surface area contributed by atoms with Crippen molar-refractivity contribution in [2.24, 2.45) is 4.99 Å². The number of nitrogens with one attached hydrogen (secondary N) is 2. The van der Waals surface area contributed by atoms with E-state index < -0.39 is 6.04 Å². The molecule has 0 aromatic carbocycles. The maximum Gasteiger partial charge on any atom is 0.317 e. The number of thiazole rings is 1. The molecule has 0 saturated carbocycles. The molecule has 280 valence electrons. The topological polar surface area (TPSA) is 112 Å². The smallest absolute Gasteiger partial charge is 0.317 e. The molecular formula is C37H61N7O4S2. The molecule has 3 amide bonds. The molecule has 2 atom stereocenters. The Balaban J connectivity index is 3.20. The number of hydrogen-bond acceptors (Lipinski definition) is 10. The first-order valence-corrected chi connectivity index (χ1v) is 19.1. The van der Waals surface area contributed by atoms with E-state index in [1.54, 1.807) is 59.8 Å². The second-order valence-corrected chi connectivity index (χ2v) is 13.8. The van der Waals surface area contributed by atoms with Gasteiger partial charge in [0.2, 0.25) is 5.91 Å². The lowest BCUT2D eigenvalue weighted by molar-refractivity contribution is -0.124. The molecule has 11 nitrogen and oxygen atoms in total. The van der Waals surface area contributed by atoms with Crippen LogP contribution in [-0.2, 0) is 20.9 Å². The molecule has 2 N–H and O–H groups in total. The average molecular weight is 732 g/mol. The summed E-state index contributed by atoms with van der Waals surface area (Å²) >= 11 is 3.14. The minimum absolute atomic E-state index is 0.230. The van der Waals surface area contributed by atoms with Gasteiger partial charge in [0, 0.05) is 59.1 Å². The van der Waals surface area contributed by atoms with Gasteiger partial charge in [0.1, 0.15) is 6.04 Å². The zero-order chi connectivity index (χ0) is 37.1. The van der Waals surface area contributed by atoms with Crippen LogP contribution in [0.25, 0.3) is 0 Å². The number of aliphatic imine (C=N–C) groups is 1. The summed E-state index contributed by atoms with van der Waals surface area (Å²) in [6, 6.07) is -1.30. The molecule has 0 saturated heterocycles. The second kappa shape index (κ2) is 27.6. The number of carbonyl (C=O) groups excluding carboxylic acids is 2. The Morgan fingerprint density at radius 1 is 1.12 bits per heavy atom. The number of urea groups is 1. The Kier molecular flexibility index (Phi) is 24.8. The number of methoxy groups -OCH3 is 1. The third kappa shape index (κ3) is 19.9. The van der Waals surface area contributed by atoms with Gasteiger partial charge in [-0.25, -0.2) is 4.79 Å². The Morgan fingerprint density at radius 2 is 1.90 bits per heavy atom. The lowest BCUT2D eigenvalue weighted by atomic mass is 10.0. The van der Waals surface area contributed by atoms with Crippen LogP contribution in [0.15, 0.2) is 77.5 Å². The number of nitrogens with zero attached hydrogens (tertiary/aromatic N) is 5. The van der Waals surface area contributed by atoms with Crippen molar-refractivity contribution in [3.63, 3.8) is 0 Å². The van der Waals surface area contributed by atoms with Crippen molar-refractivity contribution in [1.29, 1.82) is 0 Å². The van der Waals surface area contributed by atoms with Gasteiger partial charge in [0.15, 0.2) is 0 Å². The molecule has 2 unspecified atom stereocenters. The molecular weight excluding hydrogens is 671 g/mol. The van der Waals surface area contributed by atoms with Crippen LogP contribution in [0.2, 0.25) is 0 Å². The molecule has 0 aliphatic rings. The lowest BCUT2D eigenvalue weighted by Gasteiger charge is -2.29. The normalized spacial score (nSPS) is 13.9. The predicted molar refractivity (Wildman–Crippen MR) is 212 cm³/mol. The van der Waals surface area contributed by atoms with Crippen molar-refractivity contribution >= 4 is 40.1 Å². The fourth-order valence-electron chi connectivity index (χ4n) is 4.77. The van der Waals surface area contributed by atoms with Gasteiger partial charge in [0.05, 0.1) is 41.9 Å². The summed E-state index contributed by atoms with van der Waals surface area (Å²) in [5, 5.41) is 7.23. The minimum atomic E-state index is -0.743. The molecule has 13 heteroatoms. The number of aromatic nitrogens is 1. The SMILES string of the molecule is C=C/C=C(\C=C)CC(CCN(COCc1cncs1)CC(/C=C\C)=C/C)NC(=O)C(CCN(C)CCOC)NC(=O)N(C)CCN=C(C)SC. The zero-order valence-corrected chi connectivity index (χ0v) is 33.0. The first-order chi connectivity index (χ1) is 24.1. The van der Waals surface area contributed by atoms with Crippen molar-refractivity contribution in [1.82, 2.24) is 30.3 Å². The molecule has 0 fully saturated rings. The molecule has 0 bridgehead atoms. The van der Waals surface area contributed by atoms with Gasteiger partial charge >= 0.3 is 6.03 Å². The van der Waals surface area contributed by atoms with Crippen LogP contribution >= 0.6 is 23.1 Å². The molecule has 0 spiro atoms. The minimum Gasteiger partial charge on any atom is -0.383 e. The molecule has 1 aromatic heterocycles. The van der Waals surface area contributed by atoms with E-state index in [0.29, 0.717) is 78.5 Å². The maximum atomic E-state index is 14.0. The van der Waals surface area contributed by atoms with Gasteiger partial charge < -0.3 is 29.9 Å². The van der Waals surface area contributed by atoms with E-state index in [4.69, 9.17) is 9.47 Å². The maximum absolute atomic E-state index is 14.0. The Hall–Kier alpha value is -3.07. The third-order valence-corrected chi connectivity index (χ3v) is 9.35. The van der Waals surface area contributed by atoms with Crippen molar-refractivity contribution in [3.8, 4) is 0 Å². The number of ether oxygens (including phenoxy) is 2. The van der Waals surface area contributed by atoms with Crippen molar-refractivity contribution in [2.75, 3.05) is 80.1 Å². The first-order valence-electron chi connectivity index (χ1n) is 17.0. The fourth-order valence-corrected chi connectivity index (χ4v) is 5.52. The molecule has 1 heterocycles. The van der Waals surface area contributed by atoms with Crippen LogP contribution in [-0.4, -0.2) is 129 Å². The molecule has 1 aromatic rings. The summed E-state index contributed by atoms with van der Waals surface area (Å²) < 4.78 is 11.3. The lowest BCUT2D eigenvalue weighted by Crippen LogP contribution is -2.53. The molecule has 0 aliphatic heterocycles. The largest absolute Gasteiger partial charge is 0.383 e. The van der Waals surface area contributed by atoms with Gasteiger partial charge in [-0.1, -0.05) is 49.6 Å². The number of amides is 3. The van der Waals surface area contributed by atoms with Crippen LogP contribution in [0.1, 0.15) is 44.9 Å². The number of rotatable bonds is 26. The molecule has 0 radical (unpaired) electrons. The highest BCUT2D eigenvalue weighted by molar-refractivity contribution is 8.13. The fraction of sp³-hybridized carbons (Fsp3) is 0.568. The average Bonchev–Trinajstić information content (AvgIpc) is 3.63. The zero-order valence-electron chi connectivity index (χ0n) is 31.4. The van der Waals surface area contributed by atoms with Crippen LogP contribution in [0, 0.1) is 0 Å². The van der Waals surface area contributed by atoms with E-state index in [9.17, 15) is 9.59 Å². The highest BCUT2D eigenvalue weighted by atomic mass is 32.2. The highest BCUT2D eigenvalue weighted by Gasteiger charge is 2.26. The number of hydrogen-bond donors (Lipinski definition) is 2. The molecule has 1 rings (SSSR count). The Labute approximate surface area is 309 Å². The van der Waals surface area contributed by atoms with Crippen LogP contribution < -0.4 is 10.6 Å². The van der Waals surface area contributed by atoms with Gasteiger partial charge in [-0.05, 0) is 64.5 Å². The van der Waals surface area contributed by atoms with E-state index >= 15 is 0 Å². The highest BCUT2D eigenvalue weighted by Crippen LogP contribution is 2.14. The molecule has 50 heavy (non-hydrogen) atoms. The van der Waals surface area contributed by atoms with E-state index in [0.717, 1.165) is 15.5 Å². The van der Waals surface area contributed by atoms with E-state index in [-0.39, 0.29) is 18.0 Å². The van der Waals surface area contributed by atoms with E-state index in [1.165, 1.54) is 5.57 Å². The number of carbonyl (C=O) groups is 2. The Bertz CT molecular complexity index is 1250. The summed E-state index contributed by atoms with van der Waals surface area (Å²) in [6.45, 7) is 18.9. The van der Waals surface area contributed by atoms with Gasteiger partial charge in [-0.3, -0.25) is 19.7 Å². The summed E-state index contributed by atoms with van der Waals surface area (Å²) in [7, 11) is 5.36. The molecule has 0 aliphatic carbocycles. The Morgan fingerprint density at radius 3 is 2.52 bits per heavy atom. The van der Waals surface area contributed by atoms with E-state index in [2.05, 4.69) is 55.7 Å². The second-order valence-electron chi connectivity index (χ2n) is 11.9. The van der Waals surface area contributed by atoms with Gasteiger partial charge in [0.25, 0.3) is 0 Å². The van der Waals surface area contributed by atoms with Gasteiger partial charge in [-0.2, -0.15) is 0 Å². The quantitative estimate of drug-likeness (QED) is 0.0536. The first kappa shape index (κ1) is 45.0. The van der Waals surface area contributed by atoms with Gasteiger partial charge in [-0.15, -0.1) is 23.1 Å². The standard InChI is InChI=1S/C37H61N7O4S2/c1-10-14-31(12-3)24-33(16-20-44(26-32(13-4)15-11-2)29-48-27-34-25-38-28-50-34)40-36(45)35(17-19-42(6)22-23-47-8)41-37(46)43(7)21-18-39-30(5)49-9/h10-15,25,28,33,35H,1,3,16-24,26-27,29H2,2,4-9H3,(H,40,45)(H,41,46)/b15-11-,31-14+,32-13+,39-30?. The summed E-state index contributed by atoms with van der Waals surface area (Å²) in [4.78, 5) is 42.9. The van der Waals surface area contributed by atoms with Crippen molar-refractivity contribution in [3.05, 3.63) is 77.3 Å². The third-order valence-electron chi connectivity index (χ3n) is 7.88. The van der Waals surface area contributed by atoms with Crippen molar-refractivity contribution in [2.45, 2.75) is 58.7 Å². The summed E-state index contributed by atoms with van der Waals surface area (Å²) in [5.41, 5.74) is 3.93. The summed E-state index contributed by atoms with van der Waals surface area (Å²) in [5.74, 6) is -0.230. The summed E-state index contributed by atoms with van der Waals surface area (Å²) in [6.07, 6.45) is 17.1. The van der Waals surface area contributed by atoms with Crippen LogP contribution in [0.3, 0.4) is 0 Å². The number of likely N-dealkylation sites (N-methyl/N-ethyl adjacent to an activating group) is 2. The number of allylic oxidation sites excluding steroid dienone is 5. The number of thioether (sulfide) groups is 1. The van der Waals surface area contributed by atoms with Crippen LogP contribution in [0.5, 0.6) is 0 Å². The van der Waals surface area contributed by atoms with Crippen LogP contribution in [0.4, 0.5) is 4.79 Å².